The van der Waals surface area contributed by atoms with Gasteiger partial charge in [0.2, 0.25) is 0 Å². The molecule has 1 aliphatic rings. The lowest BCUT2D eigenvalue weighted by Crippen LogP contribution is -2.45. The number of nitrogens with one attached hydrogen (secondary N) is 2. The first-order valence-corrected chi connectivity index (χ1v) is 6.41. The third kappa shape index (κ3) is 5.69. The molecule has 7 nitrogen and oxygen atoms in total. The van der Waals surface area contributed by atoms with Gasteiger partial charge < -0.3 is 14.8 Å². The van der Waals surface area contributed by atoms with Crippen molar-refractivity contribution in [2.75, 3.05) is 13.2 Å². The van der Waals surface area contributed by atoms with Crippen molar-refractivity contribution in [1.82, 2.24) is 10.6 Å². The summed E-state index contributed by atoms with van der Waals surface area (Å²) in [6.07, 6.45) is 1.59. The van der Waals surface area contributed by atoms with Crippen LogP contribution in [0.1, 0.15) is 33.1 Å². The molecule has 0 aromatic rings. The number of urea groups is 1. The fourth-order valence-corrected chi connectivity index (χ4v) is 1.52. The molecule has 1 rings (SSSR count). The Bertz CT molecular complexity index is 339. The summed E-state index contributed by atoms with van der Waals surface area (Å²) in [5.41, 5.74) is 0. The summed E-state index contributed by atoms with van der Waals surface area (Å²) >= 11 is 0. The molecule has 0 spiro atoms. The molecule has 1 aliphatic heterocycles. The molecule has 1 saturated heterocycles. The van der Waals surface area contributed by atoms with Crippen molar-refractivity contribution >= 4 is 17.9 Å². The number of amides is 3. The van der Waals surface area contributed by atoms with Crippen molar-refractivity contribution in [3.8, 4) is 0 Å². The number of hydrogen-bond acceptors (Lipinski definition) is 5. The Morgan fingerprint density at radius 1 is 1.42 bits per heavy atom. The van der Waals surface area contributed by atoms with Crippen LogP contribution in [0.5, 0.6) is 0 Å². The average molecular weight is 272 g/mol. The lowest BCUT2D eigenvalue weighted by Gasteiger charge is -2.12. The third-order valence-electron chi connectivity index (χ3n) is 2.78. The maximum atomic E-state index is 11.4. The molecule has 1 heterocycles. The van der Waals surface area contributed by atoms with Crippen molar-refractivity contribution in [2.45, 2.75) is 45.3 Å². The Balaban J connectivity index is 2.20. The second-order valence-electron chi connectivity index (χ2n) is 4.44. The minimum atomic E-state index is -0.660. The summed E-state index contributed by atoms with van der Waals surface area (Å²) in [6, 6.07) is -0.616. The lowest BCUT2D eigenvalue weighted by molar-refractivity contribution is -0.157. The van der Waals surface area contributed by atoms with Gasteiger partial charge >= 0.3 is 12.0 Å². The van der Waals surface area contributed by atoms with E-state index in [0.717, 1.165) is 12.8 Å². The van der Waals surface area contributed by atoms with Crippen molar-refractivity contribution in [3.05, 3.63) is 0 Å². The highest BCUT2D eigenvalue weighted by Crippen LogP contribution is 2.12. The Hall–Kier alpha value is -1.63. The highest BCUT2D eigenvalue weighted by atomic mass is 16.6. The third-order valence-corrected chi connectivity index (χ3v) is 2.78. The summed E-state index contributed by atoms with van der Waals surface area (Å²) in [5.74, 6) is -1.22. The second-order valence-corrected chi connectivity index (χ2v) is 4.44. The van der Waals surface area contributed by atoms with Crippen LogP contribution in [0.3, 0.4) is 0 Å². The number of rotatable bonds is 5. The van der Waals surface area contributed by atoms with Crippen LogP contribution >= 0.6 is 0 Å². The van der Waals surface area contributed by atoms with Crippen molar-refractivity contribution < 1.29 is 23.9 Å². The molecule has 7 heteroatoms. The topological polar surface area (TPSA) is 93.7 Å². The smallest absolute Gasteiger partial charge is 0.335 e. The van der Waals surface area contributed by atoms with Gasteiger partial charge in [0.05, 0.1) is 0 Å². The molecule has 3 amide bonds. The quantitative estimate of drug-likeness (QED) is 0.704. The van der Waals surface area contributed by atoms with Gasteiger partial charge in [-0.15, -0.1) is 0 Å². The van der Waals surface area contributed by atoms with Crippen molar-refractivity contribution in [3.63, 3.8) is 0 Å². The van der Waals surface area contributed by atoms with E-state index in [1.165, 1.54) is 0 Å². The average Bonchev–Trinajstić information content (AvgIpc) is 2.89. The van der Waals surface area contributed by atoms with Crippen LogP contribution in [0, 0.1) is 0 Å². The van der Waals surface area contributed by atoms with E-state index < -0.39 is 30.6 Å². The molecular formula is C12H20N2O5. The normalized spacial score (nSPS) is 19.6. The Morgan fingerprint density at radius 2 is 2.16 bits per heavy atom. The van der Waals surface area contributed by atoms with E-state index in [1.54, 1.807) is 0 Å². The zero-order chi connectivity index (χ0) is 14.3. The van der Waals surface area contributed by atoms with E-state index in [1.807, 2.05) is 13.8 Å². The zero-order valence-electron chi connectivity index (χ0n) is 11.2. The van der Waals surface area contributed by atoms with Crippen molar-refractivity contribution in [2.24, 2.45) is 0 Å². The van der Waals surface area contributed by atoms with Crippen LogP contribution in [0.2, 0.25) is 0 Å². The highest BCUT2D eigenvalue weighted by molar-refractivity contribution is 5.95. The SMILES string of the molecule is CC[C@H](C)NC(=O)NC(=O)COC(=O)[C@@H]1CCCO1. The fraction of sp³-hybridized carbons (Fsp3) is 0.750. The Labute approximate surface area is 112 Å². The monoisotopic (exact) mass is 272 g/mol. The van der Waals surface area contributed by atoms with Crippen LogP contribution in [-0.2, 0) is 19.1 Å². The molecule has 108 valence electrons. The van der Waals surface area contributed by atoms with Crippen molar-refractivity contribution in [1.29, 1.82) is 0 Å². The molecule has 1 fully saturated rings. The van der Waals surface area contributed by atoms with Gasteiger partial charge in [-0.05, 0) is 26.2 Å². The van der Waals surface area contributed by atoms with E-state index in [2.05, 4.69) is 10.6 Å². The number of ether oxygens (including phenoxy) is 2. The van der Waals surface area contributed by atoms with Gasteiger partial charge in [0.1, 0.15) is 0 Å². The van der Waals surface area contributed by atoms with E-state index >= 15 is 0 Å². The molecule has 2 N–H and O–H groups in total. The van der Waals surface area contributed by atoms with Crippen LogP contribution in [-0.4, -0.2) is 43.3 Å². The summed E-state index contributed by atoms with van der Waals surface area (Å²) in [6.45, 7) is 3.79. The van der Waals surface area contributed by atoms with Gasteiger partial charge in [0.25, 0.3) is 5.91 Å². The first kappa shape index (κ1) is 15.4. The molecule has 0 bridgehead atoms. The zero-order valence-corrected chi connectivity index (χ0v) is 11.2. The summed E-state index contributed by atoms with van der Waals surface area (Å²) in [7, 11) is 0. The Morgan fingerprint density at radius 3 is 2.74 bits per heavy atom. The second kappa shape index (κ2) is 7.73. The lowest BCUT2D eigenvalue weighted by atomic mass is 10.2. The van der Waals surface area contributed by atoms with Gasteiger partial charge in [0.15, 0.2) is 12.7 Å². The van der Waals surface area contributed by atoms with E-state index in [0.29, 0.717) is 13.0 Å². The maximum absolute atomic E-state index is 11.4. The Kier molecular flexibility index (Phi) is 6.27. The first-order chi connectivity index (χ1) is 9.02. The predicted molar refractivity (Wildman–Crippen MR) is 66.4 cm³/mol. The standard InChI is InChI=1S/C12H20N2O5/c1-3-8(2)13-12(17)14-10(15)7-19-11(16)9-5-4-6-18-9/h8-9H,3-7H2,1-2H3,(H2,13,14,15,17)/t8-,9-/m0/s1. The number of esters is 1. The largest absolute Gasteiger partial charge is 0.454 e. The van der Waals surface area contributed by atoms with E-state index in [9.17, 15) is 14.4 Å². The maximum Gasteiger partial charge on any atom is 0.335 e. The molecule has 0 aromatic heterocycles. The van der Waals surface area contributed by atoms with Crippen LogP contribution in [0.15, 0.2) is 0 Å². The highest BCUT2D eigenvalue weighted by Gasteiger charge is 2.25. The van der Waals surface area contributed by atoms with Crippen LogP contribution < -0.4 is 10.6 Å². The molecule has 0 aliphatic carbocycles. The van der Waals surface area contributed by atoms with Gasteiger partial charge in [-0.1, -0.05) is 6.92 Å². The van der Waals surface area contributed by atoms with Gasteiger partial charge in [-0.2, -0.15) is 0 Å². The number of carbonyl (C=O) groups excluding carboxylic acids is 3. The molecule has 0 aromatic carbocycles. The molecule has 0 radical (unpaired) electrons. The predicted octanol–water partition coefficient (Wildman–Crippen LogP) is 0.333. The molecule has 0 saturated carbocycles. The molecule has 0 unspecified atom stereocenters. The van der Waals surface area contributed by atoms with E-state index in [-0.39, 0.29) is 6.04 Å². The van der Waals surface area contributed by atoms with Gasteiger partial charge in [0, 0.05) is 12.6 Å². The fourth-order valence-electron chi connectivity index (χ4n) is 1.52. The van der Waals surface area contributed by atoms with Crippen LogP contribution in [0.25, 0.3) is 0 Å². The summed E-state index contributed by atoms with van der Waals surface area (Å²) in [4.78, 5) is 34.1. The summed E-state index contributed by atoms with van der Waals surface area (Å²) in [5, 5.41) is 4.65. The van der Waals surface area contributed by atoms with E-state index in [4.69, 9.17) is 9.47 Å². The molecular weight excluding hydrogens is 252 g/mol. The summed E-state index contributed by atoms with van der Waals surface area (Å²) < 4.78 is 9.87. The number of hydrogen-bond donors (Lipinski definition) is 2. The van der Waals surface area contributed by atoms with Gasteiger partial charge in [-0.25, -0.2) is 9.59 Å². The minimum absolute atomic E-state index is 0.0257. The molecule has 2 atom stereocenters. The number of imide groups is 1. The number of carbonyl (C=O) groups is 3. The van der Waals surface area contributed by atoms with Crippen LogP contribution in [0.4, 0.5) is 4.79 Å². The van der Waals surface area contributed by atoms with Gasteiger partial charge in [-0.3, -0.25) is 10.1 Å². The molecule has 19 heavy (non-hydrogen) atoms. The first-order valence-electron chi connectivity index (χ1n) is 6.41. The minimum Gasteiger partial charge on any atom is -0.454 e.